The van der Waals surface area contributed by atoms with Gasteiger partial charge in [-0.25, -0.2) is 0 Å². The van der Waals surface area contributed by atoms with Crippen LogP contribution in [-0.4, -0.2) is 12.2 Å². The van der Waals surface area contributed by atoms with Gasteiger partial charge in [0.2, 0.25) is 0 Å². The average molecular weight is 227 g/mol. The fourth-order valence-electron chi connectivity index (χ4n) is 1.90. The van der Waals surface area contributed by atoms with Crippen LogP contribution in [0.2, 0.25) is 5.02 Å². The zero-order chi connectivity index (χ0) is 11.0. The summed E-state index contributed by atoms with van der Waals surface area (Å²) in [6.07, 6.45) is 0.720. The van der Waals surface area contributed by atoms with Crippen molar-refractivity contribution < 1.29 is 9.84 Å². The van der Waals surface area contributed by atoms with E-state index >= 15 is 0 Å². The molecule has 0 heterocycles. The van der Waals surface area contributed by atoms with Crippen LogP contribution in [0.3, 0.4) is 0 Å². The van der Waals surface area contributed by atoms with E-state index in [-0.39, 0.29) is 6.10 Å². The number of hydrogen-bond acceptors (Lipinski definition) is 2. The molecule has 82 valence electrons. The van der Waals surface area contributed by atoms with Crippen molar-refractivity contribution in [3.05, 3.63) is 28.8 Å². The maximum Gasteiger partial charge on any atom is 0.137 e. The smallest absolute Gasteiger partial charge is 0.137 e. The summed E-state index contributed by atoms with van der Waals surface area (Å²) in [6, 6.07) is 5.45. The number of benzene rings is 1. The van der Waals surface area contributed by atoms with Crippen molar-refractivity contribution in [1.29, 1.82) is 0 Å². The quantitative estimate of drug-likeness (QED) is 0.859. The van der Waals surface area contributed by atoms with Crippen LogP contribution < -0.4 is 4.74 Å². The topological polar surface area (TPSA) is 29.5 Å². The molecule has 3 heteroatoms. The Labute approximate surface area is 94.8 Å². The predicted molar refractivity (Wildman–Crippen MR) is 60.2 cm³/mol. The third-order valence-corrected chi connectivity index (χ3v) is 3.41. The maximum atomic E-state index is 10.0. The van der Waals surface area contributed by atoms with Crippen LogP contribution in [0.5, 0.6) is 5.75 Å². The highest BCUT2D eigenvalue weighted by Crippen LogP contribution is 2.47. The molecule has 1 aliphatic carbocycles. The van der Waals surface area contributed by atoms with Gasteiger partial charge in [0.25, 0.3) is 0 Å². The first-order chi connectivity index (χ1) is 7.13. The summed E-state index contributed by atoms with van der Waals surface area (Å²) in [6.45, 7) is 2.15. The Morgan fingerprint density at radius 1 is 1.53 bits per heavy atom. The molecule has 0 bridgehead atoms. The number of aliphatic hydroxyl groups excluding tert-OH is 1. The molecule has 0 spiro atoms. The molecule has 1 aromatic carbocycles. The molecule has 0 aromatic heterocycles. The molecule has 3 unspecified atom stereocenters. The van der Waals surface area contributed by atoms with Crippen LogP contribution >= 0.6 is 11.6 Å². The monoisotopic (exact) mass is 226 g/mol. The second-order valence-electron chi connectivity index (χ2n) is 4.22. The zero-order valence-electron chi connectivity index (χ0n) is 8.90. The number of rotatable bonds is 3. The molecule has 0 saturated heterocycles. The molecule has 2 nitrogen and oxygen atoms in total. The first-order valence-electron chi connectivity index (χ1n) is 5.15. The number of ether oxygens (including phenoxy) is 1. The van der Waals surface area contributed by atoms with E-state index < -0.39 is 0 Å². The fraction of sp³-hybridized carbons (Fsp3) is 0.500. The number of halogens is 1. The highest BCUT2D eigenvalue weighted by atomic mass is 35.5. The molecule has 1 fully saturated rings. The molecule has 2 rings (SSSR count). The molecule has 15 heavy (non-hydrogen) atoms. The molecule has 0 amide bonds. The summed E-state index contributed by atoms with van der Waals surface area (Å²) in [4.78, 5) is 0. The highest BCUT2D eigenvalue weighted by Gasteiger charge is 2.39. The van der Waals surface area contributed by atoms with Crippen molar-refractivity contribution in [2.75, 3.05) is 7.11 Å². The normalized spacial score (nSPS) is 26.1. The van der Waals surface area contributed by atoms with Crippen molar-refractivity contribution in [3.63, 3.8) is 0 Å². The van der Waals surface area contributed by atoms with Gasteiger partial charge >= 0.3 is 0 Å². The largest absolute Gasteiger partial charge is 0.495 e. The standard InChI is InChI=1S/C12H15ClO2/c1-7-5-9(7)12(14)8-3-4-10(13)11(6-8)15-2/h3-4,6-7,9,12,14H,5H2,1-2H3. The molecule has 1 aliphatic rings. The molecule has 0 radical (unpaired) electrons. The summed E-state index contributed by atoms with van der Waals surface area (Å²) >= 11 is 5.92. The zero-order valence-corrected chi connectivity index (χ0v) is 9.66. The number of methoxy groups -OCH3 is 1. The van der Waals surface area contributed by atoms with Crippen LogP contribution in [-0.2, 0) is 0 Å². The Bertz CT molecular complexity index is 365. The van der Waals surface area contributed by atoms with E-state index in [1.165, 1.54) is 0 Å². The van der Waals surface area contributed by atoms with Crippen molar-refractivity contribution >= 4 is 11.6 Å². The van der Waals surface area contributed by atoms with Gasteiger partial charge in [-0.3, -0.25) is 0 Å². The van der Waals surface area contributed by atoms with Crippen LogP contribution in [0, 0.1) is 11.8 Å². The molecule has 1 aromatic rings. The summed E-state index contributed by atoms with van der Waals surface area (Å²) in [5.41, 5.74) is 0.894. The van der Waals surface area contributed by atoms with Crippen LogP contribution in [0.25, 0.3) is 0 Å². The third kappa shape index (κ3) is 2.11. The Balaban J connectivity index is 2.21. The van der Waals surface area contributed by atoms with Crippen molar-refractivity contribution in [2.45, 2.75) is 19.4 Å². The van der Waals surface area contributed by atoms with Crippen molar-refractivity contribution in [1.82, 2.24) is 0 Å². The van der Waals surface area contributed by atoms with Gasteiger partial charge in [-0.2, -0.15) is 0 Å². The fourth-order valence-corrected chi connectivity index (χ4v) is 2.09. The van der Waals surface area contributed by atoms with E-state index in [0.717, 1.165) is 12.0 Å². The summed E-state index contributed by atoms with van der Waals surface area (Å²) in [7, 11) is 1.58. The Morgan fingerprint density at radius 2 is 2.20 bits per heavy atom. The van der Waals surface area contributed by atoms with Gasteiger partial charge in [0.1, 0.15) is 5.75 Å². The molecule has 0 aliphatic heterocycles. The number of hydrogen-bond donors (Lipinski definition) is 1. The molecule has 1 N–H and O–H groups in total. The second kappa shape index (κ2) is 4.03. The third-order valence-electron chi connectivity index (χ3n) is 3.09. The minimum Gasteiger partial charge on any atom is -0.495 e. The lowest BCUT2D eigenvalue weighted by Gasteiger charge is -2.12. The maximum absolute atomic E-state index is 10.0. The minimum atomic E-state index is -0.383. The SMILES string of the molecule is COc1cc(C(O)C2CC2C)ccc1Cl. The lowest BCUT2D eigenvalue weighted by molar-refractivity contribution is 0.148. The van der Waals surface area contributed by atoms with E-state index in [9.17, 15) is 5.11 Å². The van der Waals surface area contributed by atoms with Gasteiger partial charge in [0.15, 0.2) is 0 Å². The molecular weight excluding hydrogens is 212 g/mol. The average Bonchev–Trinajstić information content (AvgIpc) is 2.95. The van der Waals surface area contributed by atoms with Gasteiger partial charge < -0.3 is 9.84 Å². The van der Waals surface area contributed by atoms with Gasteiger partial charge in [-0.1, -0.05) is 24.6 Å². The van der Waals surface area contributed by atoms with E-state index in [0.29, 0.717) is 22.6 Å². The highest BCUT2D eigenvalue weighted by molar-refractivity contribution is 6.32. The van der Waals surface area contributed by atoms with Gasteiger partial charge in [0, 0.05) is 0 Å². The molecule has 3 atom stereocenters. The van der Waals surface area contributed by atoms with Crippen molar-refractivity contribution in [2.24, 2.45) is 11.8 Å². The first-order valence-corrected chi connectivity index (χ1v) is 5.52. The van der Waals surface area contributed by atoms with E-state index in [4.69, 9.17) is 16.3 Å². The van der Waals surface area contributed by atoms with Gasteiger partial charge in [-0.05, 0) is 36.0 Å². The van der Waals surface area contributed by atoms with Crippen LogP contribution in [0.1, 0.15) is 25.0 Å². The van der Waals surface area contributed by atoms with Gasteiger partial charge in [-0.15, -0.1) is 0 Å². The molecule has 1 saturated carbocycles. The Morgan fingerprint density at radius 3 is 2.73 bits per heavy atom. The van der Waals surface area contributed by atoms with Crippen molar-refractivity contribution in [3.8, 4) is 5.75 Å². The van der Waals surface area contributed by atoms with E-state index in [1.807, 2.05) is 12.1 Å². The second-order valence-corrected chi connectivity index (χ2v) is 4.62. The number of aliphatic hydroxyl groups is 1. The predicted octanol–water partition coefficient (Wildman–Crippen LogP) is 3.04. The molecular formula is C12H15ClO2. The first kappa shape index (κ1) is 10.8. The Kier molecular flexibility index (Phi) is 2.89. The lowest BCUT2D eigenvalue weighted by atomic mass is 10.0. The Hall–Kier alpha value is -0.730. The van der Waals surface area contributed by atoms with Gasteiger partial charge in [0.05, 0.1) is 18.2 Å². The van der Waals surface area contributed by atoms with Crippen LogP contribution in [0.15, 0.2) is 18.2 Å². The van der Waals surface area contributed by atoms with Crippen LogP contribution in [0.4, 0.5) is 0 Å². The summed E-state index contributed by atoms with van der Waals surface area (Å²) in [5, 5.41) is 10.6. The summed E-state index contributed by atoms with van der Waals surface area (Å²) in [5.74, 6) is 1.65. The lowest BCUT2D eigenvalue weighted by Crippen LogP contribution is -2.01. The minimum absolute atomic E-state index is 0.383. The summed E-state index contributed by atoms with van der Waals surface area (Å²) < 4.78 is 5.12. The van der Waals surface area contributed by atoms with E-state index in [2.05, 4.69) is 6.92 Å². The van der Waals surface area contributed by atoms with E-state index in [1.54, 1.807) is 13.2 Å².